The number of nitrogen functional groups attached to an aromatic ring is 1. The molecular formula is C14H12F3N9O6. The highest BCUT2D eigenvalue weighted by atomic mass is 19.4. The van der Waals surface area contributed by atoms with Crippen molar-refractivity contribution in [2.45, 2.75) is 6.18 Å². The third-order valence-electron chi connectivity index (χ3n) is 3.20. The Balaban J connectivity index is 0.000000451. The molecule has 0 saturated carbocycles. The number of hydrogen-bond donors (Lipinski definition) is 8. The second-order valence-electron chi connectivity index (χ2n) is 5.56. The lowest BCUT2D eigenvalue weighted by Gasteiger charge is -1.98. The van der Waals surface area contributed by atoms with Crippen molar-refractivity contribution in [3.8, 4) is 0 Å². The zero-order chi connectivity index (χ0) is 24.1. The first-order chi connectivity index (χ1) is 14.9. The second kappa shape index (κ2) is 9.28. The maximum atomic E-state index is 12.0. The van der Waals surface area contributed by atoms with Crippen molar-refractivity contribution in [1.29, 1.82) is 0 Å². The molecule has 15 nitrogen and oxygen atoms in total. The number of alkyl halides is 3. The highest BCUT2D eigenvalue weighted by Crippen LogP contribution is 2.13. The molecule has 0 aliphatic heterocycles. The maximum Gasteiger partial charge on any atom is 0.490 e. The first kappa shape index (κ1) is 23.4. The van der Waals surface area contributed by atoms with Gasteiger partial charge in [0.25, 0.3) is 11.8 Å². The molecule has 0 bridgehead atoms. The van der Waals surface area contributed by atoms with E-state index in [-0.39, 0.29) is 34.5 Å². The molecule has 0 aliphatic carbocycles. The summed E-state index contributed by atoms with van der Waals surface area (Å²) in [5, 5.41) is 38.9. The molecule has 0 unspecified atom stereocenters. The number of carboxylic acid groups (broad SMARTS) is 2. The standard InChI is InChI=1S/C12H11N9O4.C2HF3O2/c13-7-1-4(16-19-7)10(22)14-8-2-5(17-20-8)11(23)15-9-3-6(12(24)25)18-21-9;3-2(4,5)1(6)7/h1-3H,(H,24,25)(H3,13,16,19)(H2,14,17,20,22)(H2,15,18,21,23);(H,6,7). The van der Waals surface area contributed by atoms with Crippen molar-refractivity contribution in [2.24, 2.45) is 0 Å². The van der Waals surface area contributed by atoms with E-state index < -0.39 is 29.9 Å². The maximum absolute atomic E-state index is 12.0. The number of H-pyrrole nitrogens is 3. The van der Waals surface area contributed by atoms with Crippen LogP contribution in [0.5, 0.6) is 0 Å². The van der Waals surface area contributed by atoms with Crippen LogP contribution in [0.1, 0.15) is 31.5 Å². The summed E-state index contributed by atoms with van der Waals surface area (Å²) < 4.78 is 31.7. The van der Waals surface area contributed by atoms with E-state index in [1.54, 1.807) is 0 Å². The Morgan fingerprint density at radius 1 is 0.812 bits per heavy atom. The first-order valence-corrected chi connectivity index (χ1v) is 7.94. The number of amides is 2. The lowest BCUT2D eigenvalue weighted by atomic mass is 10.3. The summed E-state index contributed by atoms with van der Waals surface area (Å²) in [5.74, 6) is -4.85. The number of aromatic nitrogens is 6. The number of carboxylic acids is 2. The third kappa shape index (κ3) is 6.30. The molecule has 9 N–H and O–H groups in total. The van der Waals surface area contributed by atoms with Gasteiger partial charge in [0, 0.05) is 18.2 Å². The molecule has 0 radical (unpaired) electrons. The van der Waals surface area contributed by atoms with Crippen molar-refractivity contribution in [3.05, 3.63) is 35.3 Å². The van der Waals surface area contributed by atoms with Gasteiger partial charge in [0.1, 0.15) is 22.9 Å². The number of carbonyl (C=O) groups is 4. The summed E-state index contributed by atoms with van der Waals surface area (Å²) in [4.78, 5) is 43.6. The van der Waals surface area contributed by atoms with Crippen LogP contribution in [0.2, 0.25) is 0 Å². The first-order valence-electron chi connectivity index (χ1n) is 7.94. The predicted molar refractivity (Wildman–Crippen MR) is 96.7 cm³/mol. The second-order valence-corrected chi connectivity index (χ2v) is 5.56. The molecule has 0 spiro atoms. The van der Waals surface area contributed by atoms with Gasteiger partial charge in [-0.05, 0) is 0 Å². The third-order valence-corrected chi connectivity index (χ3v) is 3.20. The highest BCUT2D eigenvalue weighted by Gasteiger charge is 2.38. The van der Waals surface area contributed by atoms with E-state index in [1.165, 1.54) is 12.1 Å². The van der Waals surface area contributed by atoms with Crippen LogP contribution in [0, 0.1) is 0 Å². The van der Waals surface area contributed by atoms with Crippen LogP contribution in [0.3, 0.4) is 0 Å². The zero-order valence-electron chi connectivity index (χ0n) is 15.3. The van der Waals surface area contributed by atoms with Gasteiger partial charge in [0.05, 0.1) is 0 Å². The van der Waals surface area contributed by atoms with Crippen molar-refractivity contribution in [2.75, 3.05) is 16.4 Å². The van der Waals surface area contributed by atoms with Crippen LogP contribution < -0.4 is 16.4 Å². The molecule has 0 atom stereocenters. The van der Waals surface area contributed by atoms with Gasteiger partial charge in [0.15, 0.2) is 11.6 Å². The molecular weight excluding hydrogens is 447 g/mol. The van der Waals surface area contributed by atoms with Gasteiger partial charge < -0.3 is 26.6 Å². The number of hydrogen-bond acceptors (Lipinski definition) is 8. The summed E-state index contributed by atoms with van der Waals surface area (Å²) in [6, 6.07) is 3.78. The normalized spacial score (nSPS) is 10.6. The topological polar surface area (TPSA) is 245 Å². The van der Waals surface area contributed by atoms with Gasteiger partial charge in [-0.3, -0.25) is 24.9 Å². The van der Waals surface area contributed by atoms with E-state index in [4.69, 9.17) is 20.7 Å². The number of halogens is 3. The predicted octanol–water partition coefficient (Wildman–Crippen LogP) is 0.274. The van der Waals surface area contributed by atoms with Crippen molar-refractivity contribution >= 4 is 41.2 Å². The molecule has 0 aliphatic rings. The molecule has 32 heavy (non-hydrogen) atoms. The Morgan fingerprint density at radius 3 is 1.59 bits per heavy atom. The minimum atomic E-state index is -5.08. The molecule has 170 valence electrons. The van der Waals surface area contributed by atoms with E-state index in [9.17, 15) is 27.6 Å². The molecule has 0 aromatic carbocycles. The van der Waals surface area contributed by atoms with Crippen LogP contribution in [-0.2, 0) is 4.79 Å². The summed E-state index contributed by atoms with van der Waals surface area (Å²) in [6.45, 7) is 0. The SMILES string of the molecule is Nc1cc(C(=O)Nc2cc(C(=O)Nc3cc(C(=O)O)[nH]n3)[nH]n2)[nH]n1.O=C(O)C(F)(F)F. The van der Waals surface area contributed by atoms with Crippen LogP contribution in [0.4, 0.5) is 30.6 Å². The number of aromatic carboxylic acids is 1. The smallest absolute Gasteiger partial charge is 0.477 e. The lowest BCUT2D eigenvalue weighted by Crippen LogP contribution is -2.21. The molecule has 3 aromatic rings. The molecule has 3 aromatic heterocycles. The van der Waals surface area contributed by atoms with Crippen molar-refractivity contribution in [1.82, 2.24) is 30.6 Å². The van der Waals surface area contributed by atoms with Gasteiger partial charge in [-0.2, -0.15) is 28.5 Å². The summed E-state index contributed by atoms with van der Waals surface area (Å²) in [5.41, 5.74) is 5.39. The number of rotatable bonds is 5. The highest BCUT2D eigenvalue weighted by molar-refractivity contribution is 6.05. The fourth-order valence-electron chi connectivity index (χ4n) is 1.82. The van der Waals surface area contributed by atoms with E-state index in [2.05, 4.69) is 41.2 Å². The van der Waals surface area contributed by atoms with Crippen molar-refractivity contribution in [3.63, 3.8) is 0 Å². The molecule has 0 fully saturated rings. The van der Waals surface area contributed by atoms with Gasteiger partial charge in [-0.15, -0.1) is 0 Å². The van der Waals surface area contributed by atoms with Gasteiger partial charge in [-0.1, -0.05) is 0 Å². The van der Waals surface area contributed by atoms with E-state index in [1.807, 2.05) is 0 Å². The number of aliphatic carboxylic acids is 1. The Labute approximate surface area is 173 Å². The average molecular weight is 459 g/mol. The Morgan fingerprint density at radius 2 is 1.22 bits per heavy atom. The fraction of sp³-hybridized carbons (Fsp3) is 0.0714. The summed E-state index contributed by atoms with van der Waals surface area (Å²) >= 11 is 0. The number of nitrogens with two attached hydrogens (primary N) is 1. The molecule has 3 heterocycles. The quantitative estimate of drug-likeness (QED) is 0.259. The number of nitrogens with zero attached hydrogens (tertiary/aromatic N) is 3. The average Bonchev–Trinajstić information content (AvgIpc) is 3.42. The summed E-state index contributed by atoms with van der Waals surface area (Å²) in [6.07, 6.45) is -5.08. The number of anilines is 3. The van der Waals surface area contributed by atoms with Crippen molar-refractivity contribution < 1.29 is 42.6 Å². The van der Waals surface area contributed by atoms with Crippen LogP contribution in [-0.4, -0.2) is 70.7 Å². The summed E-state index contributed by atoms with van der Waals surface area (Å²) in [7, 11) is 0. The van der Waals surface area contributed by atoms with Crippen LogP contribution >= 0.6 is 0 Å². The lowest BCUT2D eigenvalue weighted by molar-refractivity contribution is -0.192. The minimum Gasteiger partial charge on any atom is -0.477 e. The Bertz CT molecular complexity index is 1150. The Hall–Kier alpha value is -4.90. The number of aromatic amines is 3. The van der Waals surface area contributed by atoms with E-state index >= 15 is 0 Å². The Kier molecular flexibility index (Phi) is 6.78. The minimum absolute atomic E-state index is 0.0236. The molecule has 0 saturated heterocycles. The number of nitrogens with one attached hydrogen (secondary N) is 5. The van der Waals surface area contributed by atoms with Crippen LogP contribution in [0.25, 0.3) is 0 Å². The van der Waals surface area contributed by atoms with E-state index in [0.717, 1.165) is 6.07 Å². The zero-order valence-corrected chi connectivity index (χ0v) is 15.3. The van der Waals surface area contributed by atoms with E-state index in [0.29, 0.717) is 0 Å². The fourth-order valence-corrected chi connectivity index (χ4v) is 1.82. The van der Waals surface area contributed by atoms with Gasteiger partial charge >= 0.3 is 18.1 Å². The van der Waals surface area contributed by atoms with Gasteiger partial charge in [-0.25, -0.2) is 9.59 Å². The molecule has 18 heteroatoms. The largest absolute Gasteiger partial charge is 0.490 e. The molecule has 3 rings (SSSR count). The monoisotopic (exact) mass is 459 g/mol. The van der Waals surface area contributed by atoms with Crippen LogP contribution in [0.15, 0.2) is 18.2 Å². The van der Waals surface area contributed by atoms with Gasteiger partial charge in [0.2, 0.25) is 0 Å². The molecule has 2 amide bonds. The number of carbonyl (C=O) groups excluding carboxylic acids is 2.